The summed E-state index contributed by atoms with van der Waals surface area (Å²) in [6.07, 6.45) is 43.6. The molecule has 6 N–H and O–H groups in total. The standard InChI is InChI=1S/C51H97NO8/c1-3-5-7-9-11-13-15-17-19-21-22-23-24-25-27-29-31-33-35-37-39-41-47(55)52-44(43-59-51-50(58)49(57)48(56)46(42-53)60-51)45(54)40-38-36-34-32-30-28-26-20-18-16-14-12-10-8-6-4-2/h17,19,38,40,44-46,48-51,53-54,56-58H,3-16,18,20-37,39,41-43H2,1-2H3,(H,52,55)/b19-17+,40-38+/t44-,45+,46-,48-,49?,50?,51-/m0/s1. The van der Waals surface area contributed by atoms with Gasteiger partial charge < -0.3 is 40.3 Å². The molecule has 9 nitrogen and oxygen atoms in total. The van der Waals surface area contributed by atoms with Crippen molar-refractivity contribution in [1.29, 1.82) is 0 Å². The Balaban J connectivity index is 2.28. The van der Waals surface area contributed by atoms with Gasteiger partial charge >= 0.3 is 0 Å². The lowest BCUT2D eigenvalue weighted by Crippen LogP contribution is -2.60. The number of carbonyl (C=O) groups is 1. The summed E-state index contributed by atoms with van der Waals surface area (Å²) in [7, 11) is 0. The van der Waals surface area contributed by atoms with Crippen LogP contribution in [0.4, 0.5) is 0 Å². The second-order valence-electron chi connectivity index (χ2n) is 18.0. The van der Waals surface area contributed by atoms with Crippen molar-refractivity contribution in [2.45, 2.75) is 281 Å². The smallest absolute Gasteiger partial charge is 0.220 e. The topological polar surface area (TPSA) is 149 Å². The Hall–Kier alpha value is -1.33. The Morgan fingerprint density at radius 3 is 1.35 bits per heavy atom. The molecule has 2 unspecified atom stereocenters. The first-order chi connectivity index (χ1) is 29.3. The van der Waals surface area contributed by atoms with Gasteiger partial charge in [0, 0.05) is 6.42 Å². The molecule has 7 atom stereocenters. The summed E-state index contributed by atoms with van der Waals surface area (Å²) >= 11 is 0. The third-order valence-electron chi connectivity index (χ3n) is 12.3. The molecule has 60 heavy (non-hydrogen) atoms. The predicted octanol–water partition coefficient (Wildman–Crippen LogP) is 11.5. The van der Waals surface area contributed by atoms with Crippen molar-refractivity contribution in [1.82, 2.24) is 5.32 Å². The Bertz CT molecular complexity index is 992. The molecular formula is C51H97NO8. The fraction of sp³-hybridized carbons (Fsp3) is 0.902. The number of unbranched alkanes of at least 4 members (excludes halogenated alkanes) is 31. The van der Waals surface area contributed by atoms with E-state index in [-0.39, 0.29) is 12.5 Å². The van der Waals surface area contributed by atoms with Gasteiger partial charge in [0.25, 0.3) is 0 Å². The van der Waals surface area contributed by atoms with Gasteiger partial charge in [-0.3, -0.25) is 4.79 Å². The summed E-state index contributed by atoms with van der Waals surface area (Å²) in [6.45, 7) is 3.79. The third-order valence-corrected chi connectivity index (χ3v) is 12.3. The van der Waals surface area contributed by atoms with Crippen LogP contribution >= 0.6 is 0 Å². The summed E-state index contributed by atoms with van der Waals surface area (Å²) < 4.78 is 11.2. The molecule has 1 aliphatic rings. The molecule has 1 rings (SSSR count). The molecule has 0 saturated carbocycles. The lowest BCUT2D eigenvalue weighted by atomic mass is 9.99. The molecule has 0 aromatic carbocycles. The second kappa shape index (κ2) is 41.7. The van der Waals surface area contributed by atoms with Crippen LogP contribution in [0.3, 0.4) is 0 Å². The number of hydrogen-bond acceptors (Lipinski definition) is 8. The number of amides is 1. The maximum Gasteiger partial charge on any atom is 0.220 e. The van der Waals surface area contributed by atoms with Crippen molar-refractivity contribution in [2.75, 3.05) is 13.2 Å². The summed E-state index contributed by atoms with van der Waals surface area (Å²) in [6, 6.07) is -0.802. The predicted molar refractivity (Wildman–Crippen MR) is 249 cm³/mol. The number of allylic oxidation sites excluding steroid dienone is 3. The van der Waals surface area contributed by atoms with Crippen molar-refractivity contribution in [3.05, 3.63) is 24.3 Å². The highest BCUT2D eigenvalue weighted by Gasteiger charge is 2.44. The zero-order valence-electron chi connectivity index (χ0n) is 39.0. The molecule has 1 fully saturated rings. The van der Waals surface area contributed by atoms with Gasteiger partial charge in [-0.1, -0.05) is 212 Å². The van der Waals surface area contributed by atoms with Gasteiger partial charge in [0.1, 0.15) is 24.4 Å². The van der Waals surface area contributed by atoms with E-state index in [1.54, 1.807) is 6.08 Å². The number of aliphatic hydroxyl groups is 5. The van der Waals surface area contributed by atoms with Crippen LogP contribution in [0.15, 0.2) is 24.3 Å². The van der Waals surface area contributed by atoms with Gasteiger partial charge in [-0.25, -0.2) is 0 Å². The van der Waals surface area contributed by atoms with Gasteiger partial charge in [0.2, 0.25) is 5.91 Å². The van der Waals surface area contributed by atoms with E-state index in [9.17, 15) is 30.3 Å². The maximum absolute atomic E-state index is 13.0. The van der Waals surface area contributed by atoms with Crippen LogP contribution in [0, 0.1) is 0 Å². The van der Waals surface area contributed by atoms with Crippen molar-refractivity contribution in [2.24, 2.45) is 0 Å². The number of rotatable bonds is 43. The first-order valence-electron chi connectivity index (χ1n) is 25.6. The molecule has 9 heteroatoms. The zero-order chi connectivity index (χ0) is 43.7. The summed E-state index contributed by atoms with van der Waals surface area (Å²) in [5.74, 6) is -0.176. The van der Waals surface area contributed by atoms with E-state index in [0.29, 0.717) is 6.42 Å². The van der Waals surface area contributed by atoms with E-state index in [1.165, 1.54) is 180 Å². The molecule has 0 bridgehead atoms. The van der Waals surface area contributed by atoms with E-state index in [1.807, 2.05) is 6.08 Å². The van der Waals surface area contributed by atoms with Gasteiger partial charge in [-0.05, 0) is 44.9 Å². The van der Waals surface area contributed by atoms with Crippen LogP contribution in [0.1, 0.15) is 239 Å². The Kier molecular flexibility index (Phi) is 39.4. The molecule has 0 spiro atoms. The monoisotopic (exact) mass is 852 g/mol. The van der Waals surface area contributed by atoms with Crippen molar-refractivity contribution in [3.63, 3.8) is 0 Å². The van der Waals surface area contributed by atoms with Crippen molar-refractivity contribution < 1.29 is 39.8 Å². The number of hydrogen-bond donors (Lipinski definition) is 6. The van der Waals surface area contributed by atoms with Crippen LogP contribution in [0.25, 0.3) is 0 Å². The van der Waals surface area contributed by atoms with Crippen LogP contribution in [-0.4, -0.2) is 87.5 Å². The molecule has 0 radical (unpaired) electrons. The summed E-state index contributed by atoms with van der Waals surface area (Å²) in [5.41, 5.74) is 0. The molecule has 354 valence electrons. The number of aliphatic hydroxyl groups excluding tert-OH is 5. The maximum atomic E-state index is 13.0. The van der Waals surface area contributed by atoms with Gasteiger partial charge in [0.15, 0.2) is 6.29 Å². The molecule has 1 aliphatic heterocycles. The minimum Gasteiger partial charge on any atom is -0.394 e. The molecule has 0 aliphatic carbocycles. The second-order valence-corrected chi connectivity index (χ2v) is 18.0. The van der Waals surface area contributed by atoms with E-state index in [0.717, 1.165) is 38.5 Å². The van der Waals surface area contributed by atoms with E-state index in [4.69, 9.17) is 9.47 Å². The molecule has 1 amide bonds. The number of carbonyl (C=O) groups excluding carboxylic acids is 1. The van der Waals surface area contributed by atoms with Crippen LogP contribution < -0.4 is 5.32 Å². The fourth-order valence-corrected chi connectivity index (χ4v) is 8.15. The first-order valence-corrected chi connectivity index (χ1v) is 25.6. The summed E-state index contributed by atoms with van der Waals surface area (Å²) in [4.78, 5) is 13.0. The zero-order valence-corrected chi connectivity index (χ0v) is 39.0. The van der Waals surface area contributed by atoms with Gasteiger partial charge in [-0.15, -0.1) is 0 Å². The number of nitrogens with one attached hydrogen (secondary N) is 1. The average molecular weight is 852 g/mol. The van der Waals surface area contributed by atoms with Crippen molar-refractivity contribution in [3.8, 4) is 0 Å². The third kappa shape index (κ3) is 31.5. The Morgan fingerprint density at radius 1 is 0.550 bits per heavy atom. The largest absolute Gasteiger partial charge is 0.394 e. The minimum atomic E-state index is -1.56. The molecule has 1 heterocycles. The minimum absolute atomic E-state index is 0.176. The van der Waals surface area contributed by atoms with Crippen LogP contribution in [0.5, 0.6) is 0 Å². The average Bonchev–Trinajstić information content (AvgIpc) is 3.25. The highest BCUT2D eigenvalue weighted by molar-refractivity contribution is 5.76. The van der Waals surface area contributed by atoms with Crippen molar-refractivity contribution >= 4 is 5.91 Å². The van der Waals surface area contributed by atoms with Crippen LogP contribution in [0.2, 0.25) is 0 Å². The van der Waals surface area contributed by atoms with E-state index >= 15 is 0 Å². The molecule has 0 aromatic heterocycles. The summed E-state index contributed by atoms with van der Waals surface area (Å²) in [5, 5.41) is 54.3. The highest BCUT2D eigenvalue weighted by Crippen LogP contribution is 2.23. The lowest BCUT2D eigenvalue weighted by Gasteiger charge is -2.40. The lowest BCUT2D eigenvalue weighted by molar-refractivity contribution is -0.302. The Labute approximate surface area is 369 Å². The fourth-order valence-electron chi connectivity index (χ4n) is 8.15. The Morgan fingerprint density at radius 2 is 0.933 bits per heavy atom. The quantitative estimate of drug-likeness (QED) is 0.0262. The van der Waals surface area contributed by atoms with Gasteiger partial charge in [-0.2, -0.15) is 0 Å². The van der Waals surface area contributed by atoms with E-state index in [2.05, 4.69) is 31.3 Å². The first kappa shape index (κ1) is 56.7. The van der Waals surface area contributed by atoms with E-state index < -0.39 is 49.5 Å². The SMILES string of the molecule is CCCCCCCC/C=C/CCCCCCCCCCCCCC(=O)N[C@@H](CO[C@H]1O[C@@H](CO)[C@H](O)C(O)C1O)[C@H](O)/C=C/CCCCCCCCCCCCCCCC. The van der Waals surface area contributed by atoms with Gasteiger partial charge in [0.05, 0.1) is 25.4 Å². The molecule has 0 aromatic rings. The number of ether oxygens (including phenoxy) is 2. The normalized spacial score (nSPS) is 20.7. The molecule has 1 saturated heterocycles. The molecular weight excluding hydrogens is 755 g/mol. The highest BCUT2D eigenvalue weighted by atomic mass is 16.7. The van der Waals surface area contributed by atoms with Crippen LogP contribution in [-0.2, 0) is 14.3 Å².